The Kier molecular flexibility index (Phi) is 8.73. The number of nitrogens with one attached hydrogen (secondary N) is 1. The highest BCUT2D eigenvalue weighted by Crippen LogP contribution is 2.16. The number of carbonyl (C=O) groups excluding carboxylic acids is 2. The van der Waals surface area contributed by atoms with Crippen molar-refractivity contribution in [2.24, 2.45) is 11.7 Å². The van der Waals surface area contributed by atoms with Gasteiger partial charge in [-0.05, 0) is 12.8 Å². The van der Waals surface area contributed by atoms with Gasteiger partial charge < -0.3 is 5.73 Å². The number of nitrogens with two attached hydrogens (primary N) is 1. The molecule has 0 fully saturated rings. The molecule has 21 heavy (non-hydrogen) atoms. The molecule has 0 aromatic carbocycles. The van der Waals surface area contributed by atoms with Crippen molar-refractivity contribution in [3.8, 4) is 0 Å². The minimum absolute atomic E-state index is 0.356. The van der Waals surface area contributed by atoms with Gasteiger partial charge in [-0.25, -0.2) is 8.42 Å². The smallest absolute Gasteiger partial charge is 0.244 e. The van der Waals surface area contributed by atoms with E-state index in [1.165, 1.54) is 0 Å². The summed E-state index contributed by atoms with van der Waals surface area (Å²) in [5.41, 5.74) is 5.64. The molecule has 1 atom stereocenters. The van der Waals surface area contributed by atoms with Crippen LogP contribution in [0.25, 0.3) is 0 Å². The van der Waals surface area contributed by atoms with Gasteiger partial charge in [-0.1, -0.05) is 40.5 Å². The van der Waals surface area contributed by atoms with Crippen molar-refractivity contribution in [2.45, 2.75) is 64.7 Å². The number of rotatable bonds is 9. The molecule has 7 heteroatoms. The Labute approximate surface area is 127 Å². The van der Waals surface area contributed by atoms with E-state index in [1.807, 2.05) is 13.8 Å². The maximum absolute atomic E-state index is 12.3. The van der Waals surface area contributed by atoms with E-state index in [0.29, 0.717) is 12.8 Å². The summed E-state index contributed by atoms with van der Waals surface area (Å²) in [6, 6.07) is -1.21. The fourth-order valence-electron chi connectivity index (χ4n) is 1.97. The summed E-state index contributed by atoms with van der Waals surface area (Å²) in [6.45, 7) is 7.13. The molecule has 0 aromatic heterocycles. The summed E-state index contributed by atoms with van der Waals surface area (Å²) in [5, 5.41) is 1.67. The van der Waals surface area contributed by atoms with Gasteiger partial charge >= 0.3 is 0 Å². The van der Waals surface area contributed by atoms with E-state index < -0.39 is 38.7 Å². The average Bonchev–Trinajstić information content (AvgIpc) is 2.37. The largest absolute Gasteiger partial charge is 0.319 e. The molecule has 0 saturated heterocycles. The predicted molar refractivity (Wildman–Crippen MR) is 83.4 cm³/mol. The number of imide groups is 1. The van der Waals surface area contributed by atoms with E-state index in [4.69, 9.17) is 5.73 Å². The Morgan fingerprint density at radius 3 is 1.90 bits per heavy atom. The van der Waals surface area contributed by atoms with Crippen molar-refractivity contribution in [2.75, 3.05) is 5.75 Å². The quantitative estimate of drug-likeness (QED) is 0.659. The molecule has 0 radical (unpaired) electrons. The average molecular weight is 320 g/mol. The van der Waals surface area contributed by atoms with Crippen LogP contribution < -0.4 is 11.1 Å². The van der Waals surface area contributed by atoms with Gasteiger partial charge in [0.2, 0.25) is 11.8 Å². The van der Waals surface area contributed by atoms with Crippen LogP contribution >= 0.6 is 0 Å². The second kappa shape index (κ2) is 9.15. The molecular weight excluding hydrogens is 292 g/mol. The van der Waals surface area contributed by atoms with Crippen molar-refractivity contribution >= 4 is 21.7 Å². The molecule has 2 amide bonds. The third-order valence-electron chi connectivity index (χ3n) is 3.25. The van der Waals surface area contributed by atoms with Gasteiger partial charge in [-0.15, -0.1) is 0 Å². The summed E-state index contributed by atoms with van der Waals surface area (Å²) < 4.78 is 24.6. The van der Waals surface area contributed by atoms with Crippen LogP contribution in [0.1, 0.15) is 53.4 Å². The Hall–Kier alpha value is -0.950. The summed E-state index contributed by atoms with van der Waals surface area (Å²) >= 11 is 0. The highest BCUT2D eigenvalue weighted by atomic mass is 32.2. The molecule has 0 aliphatic rings. The van der Waals surface area contributed by atoms with Gasteiger partial charge in [0.1, 0.15) is 0 Å². The SMILES string of the molecule is CCCC(CCC)S(=O)(=O)C[C@@H](N)C(=O)NC(=O)C(C)C. The molecule has 0 aromatic rings. The first-order chi connectivity index (χ1) is 9.65. The van der Waals surface area contributed by atoms with E-state index in [1.54, 1.807) is 13.8 Å². The standard InChI is InChI=1S/C14H28N2O4S/c1-5-7-11(8-6-2)21(19,20)9-12(15)14(18)16-13(17)10(3)4/h10-12H,5-9,15H2,1-4H3,(H,16,17,18)/t12-/m1/s1. The van der Waals surface area contributed by atoms with Crippen LogP contribution in [0, 0.1) is 5.92 Å². The zero-order valence-corrected chi connectivity index (χ0v) is 14.2. The Morgan fingerprint density at radius 2 is 1.52 bits per heavy atom. The lowest BCUT2D eigenvalue weighted by atomic mass is 10.2. The second-order valence-electron chi connectivity index (χ2n) is 5.64. The topological polar surface area (TPSA) is 106 Å². The molecule has 3 N–H and O–H groups in total. The maximum atomic E-state index is 12.3. The van der Waals surface area contributed by atoms with Crippen LogP contribution in [0.2, 0.25) is 0 Å². The van der Waals surface area contributed by atoms with Crippen LogP contribution in [-0.4, -0.2) is 37.3 Å². The van der Waals surface area contributed by atoms with Gasteiger partial charge in [0.15, 0.2) is 9.84 Å². The molecule has 0 rings (SSSR count). The van der Waals surface area contributed by atoms with E-state index in [2.05, 4.69) is 5.32 Å². The molecule has 0 aliphatic carbocycles. The number of sulfone groups is 1. The van der Waals surface area contributed by atoms with Crippen molar-refractivity contribution in [3.63, 3.8) is 0 Å². The van der Waals surface area contributed by atoms with Gasteiger partial charge in [-0.2, -0.15) is 0 Å². The number of carbonyl (C=O) groups is 2. The minimum atomic E-state index is -3.44. The Morgan fingerprint density at radius 1 is 1.05 bits per heavy atom. The van der Waals surface area contributed by atoms with Crippen molar-refractivity contribution < 1.29 is 18.0 Å². The summed E-state index contributed by atoms with van der Waals surface area (Å²) in [6.07, 6.45) is 2.65. The number of hydrogen-bond donors (Lipinski definition) is 2. The molecule has 0 saturated carbocycles. The van der Waals surface area contributed by atoms with Crippen LogP contribution in [0.5, 0.6) is 0 Å². The normalized spacial score (nSPS) is 13.5. The molecule has 6 nitrogen and oxygen atoms in total. The molecule has 0 heterocycles. The Bertz CT molecular complexity index is 440. The third-order valence-corrected chi connectivity index (χ3v) is 5.56. The Balaban J connectivity index is 4.76. The number of hydrogen-bond acceptors (Lipinski definition) is 5. The van der Waals surface area contributed by atoms with Gasteiger partial charge in [0.05, 0.1) is 17.0 Å². The molecule has 0 aliphatic heterocycles. The highest BCUT2D eigenvalue weighted by molar-refractivity contribution is 7.92. The van der Waals surface area contributed by atoms with E-state index >= 15 is 0 Å². The third kappa shape index (κ3) is 7.04. The fraction of sp³-hybridized carbons (Fsp3) is 0.857. The summed E-state index contributed by atoms with van der Waals surface area (Å²) in [7, 11) is -3.44. The molecule has 124 valence electrons. The molecule has 0 unspecified atom stereocenters. The molecular formula is C14H28N2O4S. The van der Waals surface area contributed by atoms with Crippen LogP contribution in [0.3, 0.4) is 0 Å². The van der Waals surface area contributed by atoms with Crippen LogP contribution in [0.4, 0.5) is 0 Å². The van der Waals surface area contributed by atoms with Gasteiger partial charge in [-0.3, -0.25) is 14.9 Å². The van der Waals surface area contributed by atoms with Crippen molar-refractivity contribution in [3.05, 3.63) is 0 Å². The van der Waals surface area contributed by atoms with Crippen molar-refractivity contribution in [1.29, 1.82) is 0 Å². The summed E-state index contributed by atoms with van der Waals surface area (Å²) in [4.78, 5) is 23.2. The van der Waals surface area contributed by atoms with E-state index in [0.717, 1.165) is 12.8 Å². The zero-order valence-electron chi connectivity index (χ0n) is 13.4. The maximum Gasteiger partial charge on any atom is 0.244 e. The van der Waals surface area contributed by atoms with Gasteiger partial charge in [0, 0.05) is 5.92 Å². The first-order valence-electron chi connectivity index (χ1n) is 7.47. The predicted octanol–water partition coefficient (Wildman–Crippen LogP) is 0.996. The lowest BCUT2D eigenvalue weighted by Crippen LogP contribution is -2.49. The first kappa shape index (κ1) is 20.1. The van der Waals surface area contributed by atoms with Crippen molar-refractivity contribution in [1.82, 2.24) is 5.32 Å². The molecule has 0 bridgehead atoms. The van der Waals surface area contributed by atoms with Crippen LogP contribution in [0.15, 0.2) is 0 Å². The highest BCUT2D eigenvalue weighted by Gasteiger charge is 2.29. The lowest BCUT2D eigenvalue weighted by molar-refractivity contribution is -0.132. The second-order valence-corrected chi connectivity index (χ2v) is 7.97. The van der Waals surface area contributed by atoms with Crippen LogP contribution in [-0.2, 0) is 19.4 Å². The zero-order chi connectivity index (χ0) is 16.6. The van der Waals surface area contributed by atoms with E-state index in [9.17, 15) is 18.0 Å². The fourth-order valence-corrected chi connectivity index (χ4v) is 4.08. The van der Waals surface area contributed by atoms with E-state index in [-0.39, 0.29) is 5.92 Å². The number of amides is 2. The molecule has 0 spiro atoms. The summed E-state index contributed by atoms with van der Waals surface area (Å²) in [5.74, 6) is -1.96. The minimum Gasteiger partial charge on any atom is -0.319 e. The van der Waals surface area contributed by atoms with Gasteiger partial charge in [0.25, 0.3) is 0 Å². The lowest BCUT2D eigenvalue weighted by Gasteiger charge is -2.19. The monoisotopic (exact) mass is 320 g/mol. The first-order valence-corrected chi connectivity index (χ1v) is 9.19.